The van der Waals surface area contributed by atoms with Gasteiger partial charge in [-0.1, -0.05) is 76.2 Å². The molecule has 5 unspecified atom stereocenters. The highest BCUT2D eigenvalue weighted by Gasteiger charge is 2.20. The van der Waals surface area contributed by atoms with Crippen LogP contribution in [0.4, 0.5) is 4.79 Å². The average molecular weight is 669 g/mol. The molecular weight excluding hydrogens is 616 g/mol. The summed E-state index contributed by atoms with van der Waals surface area (Å²) in [6, 6.07) is 30.6. The first-order valence-corrected chi connectivity index (χ1v) is 17.3. The predicted octanol–water partition coefficient (Wildman–Crippen LogP) is 10.8. The van der Waals surface area contributed by atoms with Crippen LogP contribution in [0.15, 0.2) is 97.1 Å². The molecule has 262 valence electrons. The van der Waals surface area contributed by atoms with Crippen molar-refractivity contribution in [1.82, 2.24) is 0 Å². The van der Waals surface area contributed by atoms with Crippen molar-refractivity contribution in [1.29, 1.82) is 0 Å². The van der Waals surface area contributed by atoms with Gasteiger partial charge in [0.15, 0.2) is 6.29 Å². The number of ether oxygens (including phenoxy) is 4. The molecule has 7 nitrogen and oxygen atoms in total. The van der Waals surface area contributed by atoms with E-state index in [9.17, 15) is 15.0 Å². The van der Waals surface area contributed by atoms with Crippen molar-refractivity contribution >= 4 is 6.16 Å². The number of benzene rings is 4. The summed E-state index contributed by atoms with van der Waals surface area (Å²) in [4.78, 5) is 11.7. The monoisotopic (exact) mass is 668 g/mol. The zero-order valence-corrected chi connectivity index (χ0v) is 29.9. The molecule has 0 radical (unpaired) electrons. The number of phenols is 2. The third kappa shape index (κ3) is 11.6. The molecule has 7 heteroatoms. The first-order valence-electron chi connectivity index (χ1n) is 17.3. The minimum absolute atomic E-state index is 0.0991. The molecule has 0 aliphatic carbocycles. The largest absolute Gasteiger partial charge is 0.514 e. The lowest BCUT2D eigenvalue weighted by Crippen LogP contribution is -2.25. The van der Waals surface area contributed by atoms with Crippen LogP contribution in [0.3, 0.4) is 0 Å². The maximum atomic E-state index is 11.7. The molecule has 4 aromatic carbocycles. The van der Waals surface area contributed by atoms with Gasteiger partial charge in [0.2, 0.25) is 0 Å². The van der Waals surface area contributed by atoms with E-state index in [1.807, 2.05) is 48.5 Å². The van der Waals surface area contributed by atoms with E-state index in [0.29, 0.717) is 29.3 Å². The van der Waals surface area contributed by atoms with E-state index in [0.717, 1.165) is 30.8 Å². The van der Waals surface area contributed by atoms with Gasteiger partial charge < -0.3 is 29.2 Å². The zero-order valence-electron chi connectivity index (χ0n) is 29.9. The second-order valence-electron chi connectivity index (χ2n) is 14.0. The number of hydrogen-bond acceptors (Lipinski definition) is 7. The third-order valence-electron chi connectivity index (χ3n) is 9.15. The van der Waals surface area contributed by atoms with Gasteiger partial charge in [-0.15, -0.1) is 0 Å². The van der Waals surface area contributed by atoms with Crippen LogP contribution < -0.4 is 9.47 Å². The number of rotatable bonds is 9. The van der Waals surface area contributed by atoms with E-state index >= 15 is 0 Å². The van der Waals surface area contributed by atoms with Gasteiger partial charge in [-0.3, -0.25) is 0 Å². The molecule has 5 atom stereocenters. The van der Waals surface area contributed by atoms with Gasteiger partial charge in [-0.05, 0) is 128 Å². The minimum atomic E-state index is -0.703. The van der Waals surface area contributed by atoms with Crippen molar-refractivity contribution in [3.63, 3.8) is 0 Å². The quantitative estimate of drug-likeness (QED) is 0.135. The summed E-state index contributed by atoms with van der Waals surface area (Å²) in [6.45, 7) is 14.9. The zero-order chi connectivity index (χ0) is 35.6. The van der Waals surface area contributed by atoms with Gasteiger partial charge in [0.05, 0.1) is 6.61 Å². The third-order valence-corrected chi connectivity index (χ3v) is 9.15. The maximum absolute atomic E-state index is 11.7. The summed E-state index contributed by atoms with van der Waals surface area (Å²) in [7, 11) is 0. The molecule has 1 heterocycles. The molecule has 1 fully saturated rings. The molecule has 2 N–H and O–H groups in total. The van der Waals surface area contributed by atoms with Gasteiger partial charge in [0, 0.05) is 6.42 Å². The Morgan fingerprint density at radius 2 is 1.02 bits per heavy atom. The summed E-state index contributed by atoms with van der Waals surface area (Å²) in [6.07, 6.45) is 2.47. The van der Waals surface area contributed by atoms with Crippen molar-refractivity contribution < 1.29 is 34.0 Å². The van der Waals surface area contributed by atoms with Gasteiger partial charge in [0.1, 0.15) is 28.6 Å². The molecule has 0 amide bonds. The molecule has 1 aliphatic rings. The highest BCUT2D eigenvalue weighted by atomic mass is 16.7. The van der Waals surface area contributed by atoms with Crippen molar-refractivity contribution in [3.05, 3.63) is 119 Å². The molecule has 49 heavy (non-hydrogen) atoms. The normalized spacial score (nSPS) is 17.0. The fourth-order valence-electron chi connectivity index (χ4n) is 5.72. The van der Waals surface area contributed by atoms with E-state index in [2.05, 4.69) is 39.8 Å². The van der Waals surface area contributed by atoms with Gasteiger partial charge in [-0.2, -0.15) is 0 Å². The van der Waals surface area contributed by atoms with E-state index in [-0.39, 0.29) is 18.0 Å². The summed E-state index contributed by atoms with van der Waals surface area (Å²) in [5.74, 6) is 3.24. The lowest BCUT2D eigenvalue weighted by atomic mass is 9.84. The van der Waals surface area contributed by atoms with Crippen LogP contribution >= 0.6 is 0 Å². The Morgan fingerprint density at radius 1 is 0.633 bits per heavy atom. The second-order valence-corrected chi connectivity index (χ2v) is 14.0. The number of phenolic OH excluding ortho intramolecular Hbond substituents is 2. The first-order chi connectivity index (χ1) is 23.3. The Morgan fingerprint density at radius 3 is 1.39 bits per heavy atom. The van der Waals surface area contributed by atoms with Crippen LogP contribution in [0.2, 0.25) is 0 Å². The fraction of sp³-hybridized carbons (Fsp3) is 0.405. The van der Waals surface area contributed by atoms with Crippen LogP contribution in [0.25, 0.3) is 0 Å². The highest BCUT2D eigenvalue weighted by Crippen LogP contribution is 2.35. The van der Waals surface area contributed by atoms with Crippen molar-refractivity contribution in [3.8, 4) is 23.0 Å². The number of hydrogen-bond donors (Lipinski definition) is 2. The van der Waals surface area contributed by atoms with Gasteiger partial charge >= 0.3 is 6.16 Å². The lowest BCUT2D eigenvalue weighted by molar-refractivity contribution is -0.105. The van der Waals surface area contributed by atoms with E-state index in [1.54, 1.807) is 57.2 Å². The van der Waals surface area contributed by atoms with E-state index < -0.39 is 11.8 Å². The standard InChI is InChI=1S/C21H26O4.C21H26O3/c1-14(16-6-10-18(22)11-7-16)15(2)17-8-12-19(13-9-17)24-20(23)25-21(3,4)5;1-15(17-6-10-19(22)11-7-17)16(2)18-8-12-20(13-9-18)24-21-5-3-4-14-23-21/h6-15,22H,1-5H3;6-13,15-16,21-22H,3-5,14H2,1-2H3. The molecule has 1 aliphatic heterocycles. The number of carbonyl (C=O) groups is 1. The summed E-state index contributed by atoms with van der Waals surface area (Å²) >= 11 is 0. The number of carbonyl (C=O) groups excluding carboxylic acids is 1. The van der Waals surface area contributed by atoms with Crippen molar-refractivity contribution in [2.24, 2.45) is 0 Å². The van der Waals surface area contributed by atoms with E-state index in [1.165, 1.54) is 23.1 Å². The van der Waals surface area contributed by atoms with Crippen LogP contribution in [-0.4, -0.2) is 34.9 Å². The Balaban J connectivity index is 0.000000221. The Kier molecular flexibility index (Phi) is 13.1. The SMILES string of the molecule is CC(c1ccc(O)cc1)C(C)c1ccc(OC(=O)OC(C)(C)C)cc1.CC(c1ccc(O)cc1)C(C)c1ccc(OC2CCCCO2)cc1. The summed E-state index contributed by atoms with van der Waals surface area (Å²) in [5.41, 5.74) is 4.26. The molecule has 0 bridgehead atoms. The van der Waals surface area contributed by atoms with E-state index in [4.69, 9.17) is 18.9 Å². The second kappa shape index (κ2) is 17.3. The average Bonchev–Trinajstić information content (AvgIpc) is 3.08. The van der Waals surface area contributed by atoms with Crippen LogP contribution in [-0.2, 0) is 9.47 Å². The maximum Gasteiger partial charge on any atom is 0.514 e. The lowest BCUT2D eigenvalue weighted by Gasteiger charge is -2.24. The molecule has 0 spiro atoms. The van der Waals surface area contributed by atoms with Crippen molar-refractivity contribution in [2.75, 3.05) is 6.61 Å². The van der Waals surface area contributed by atoms with Gasteiger partial charge in [0.25, 0.3) is 0 Å². The Bertz CT molecular complexity index is 1570. The Labute approximate surface area is 291 Å². The topological polar surface area (TPSA) is 94.5 Å². The Hall–Kier alpha value is -4.49. The van der Waals surface area contributed by atoms with Crippen LogP contribution in [0.1, 0.15) is 114 Å². The van der Waals surface area contributed by atoms with Crippen molar-refractivity contribution in [2.45, 2.75) is 103 Å². The summed E-state index contributed by atoms with van der Waals surface area (Å²) in [5, 5.41) is 18.9. The van der Waals surface area contributed by atoms with Crippen LogP contribution in [0.5, 0.6) is 23.0 Å². The molecule has 0 aromatic heterocycles. The first kappa shape index (κ1) is 37.3. The smallest absolute Gasteiger partial charge is 0.508 e. The van der Waals surface area contributed by atoms with Crippen LogP contribution in [0, 0.1) is 0 Å². The molecule has 5 rings (SSSR count). The molecule has 1 saturated heterocycles. The molecule has 4 aromatic rings. The fourth-order valence-corrected chi connectivity index (χ4v) is 5.72. The minimum Gasteiger partial charge on any atom is -0.508 e. The summed E-state index contributed by atoms with van der Waals surface area (Å²) < 4.78 is 21.9. The molecule has 0 saturated carbocycles. The van der Waals surface area contributed by atoms with Gasteiger partial charge in [-0.25, -0.2) is 4.79 Å². The molecular formula is C42H52O7. The number of aromatic hydroxyl groups is 2. The highest BCUT2D eigenvalue weighted by molar-refractivity contribution is 5.64. The predicted molar refractivity (Wildman–Crippen MR) is 194 cm³/mol.